The summed E-state index contributed by atoms with van der Waals surface area (Å²) in [7, 11) is 2.09. The minimum Gasteiger partial charge on any atom is -0.384 e. The van der Waals surface area contributed by atoms with Gasteiger partial charge >= 0.3 is 0 Å². The van der Waals surface area contributed by atoms with Crippen molar-refractivity contribution in [1.82, 2.24) is 9.80 Å². The van der Waals surface area contributed by atoms with E-state index in [2.05, 4.69) is 16.8 Å². The number of nitrogens with zero attached hydrogens (tertiary/aromatic N) is 2. The van der Waals surface area contributed by atoms with Crippen molar-refractivity contribution in [3.05, 3.63) is 35.1 Å². The molecule has 18 heavy (non-hydrogen) atoms. The molecule has 98 valence electrons. The summed E-state index contributed by atoms with van der Waals surface area (Å²) < 4.78 is 14.1. The van der Waals surface area contributed by atoms with Crippen molar-refractivity contribution < 1.29 is 4.39 Å². The molecule has 0 atom stereocenters. The largest absolute Gasteiger partial charge is 0.384 e. The summed E-state index contributed by atoms with van der Waals surface area (Å²) in [6.45, 7) is 4.49. The van der Waals surface area contributed by atoms with Crippen molar-refractivity contribution in [2.75, 3.05) is 33.2 Å². The summed E-state index contributed by atoms with van der Waals surface area (Å²) in [5, 5.41) is 7.34. The van der Waals surface area contributed by atoms with Crippen LogP contribution in [0, 0.1) is 11.2 Å². The molecule has 2 rings (SSSR count). The van der Waals surface area contributed by atoms with Crippen LogP contribution in [0.2, 0.25) is 0 Å². The van der Waals surface area contributed by atoms with Crippen LogP contribution in [0.4, 0.5) is 4.39 Å². The van der Waals surface area contributed by atoms with E-state index in [1.807, 2.05) is 0 Å². The molecule has 5 heteroatoms. The Morgan fingerprint density at radius 3 is 2.61 bits per heavy atom. The van der Waals surface area contributed by atoms with E-state index in [1.165, 1.54) is 0 Å². The normalized spacial score (nSPS) is 17.9. The van der Waals surface area contributed by atoms with Gasteiger partial charge in [-0.2, -0.15) is 0 Å². The Hall–Kier alpha value is -1.46. The molecule has 1 aromatic carbocycles. The average molecular weight is 250 g/mol. The minimum absolute atomic E-state index is 0.196. The van der Waals surface area contributed by atoms with E-state index in [0.717, 1.165) is 26.2 Å². The van der Waals surface area contributed by atoms with Crippen LogP contribution in [-0.2, 0) is 6.54 Å². The number of piperazine rings is 1. The maximum Gasteiger partial charge on any atom is 0.138 e. The zero-order valence-electron chi connectivity index (χ0n) is 10.6. The highest BCUT2D eigenvalue weighted by molar-refractivity contribution is 5.95. The van der Waals surface area contributed by atoms with Crippen LogP contribution in [-0.4, -0.2) is 48.9 Å². The lowest BCUT2D eigenvalue weighted by atomic mass is 10.1. The van der Waals surface area contributed by atoms with Crippen molar-refractivity contribution in [3.8, 4) is 0 Å². The fourth-order valence-corrected chi connectivity index (χ4v) is 2.16. The molecular weight excluding hydrogens is 231 g/mol. The molecule has 4 nitrogen and oxygen atoms in total. The third-order valence-corrected chi connectivity index (χ3v) is 3.36. The van der Waals surface area contributed by atoms with E-state index in [0.29, 0.717) is 12.1 Å². The van der Waals surface area contributed by atoms with Crippen LogP contribution in [0.15, 0.2) is 18.2 Å². The first-order valence-corrected chi connectivity index (χ1v) is 6.10. The van der Waals surface area contributed by atoms with Gasteiger partial charge in [0, 0.05) is 38.3 Å². The molecule has 1 fully saturated rings. The molecule has 0 bridgehead atoms. The van der Waals surface area contributed by atoms with Gasteiger partial charge in [0.15, 0.2) is 0 Å². The van der Waals surface area contributed by atoms with Crippen LogP contribution >= 0.6 is 0 Å². The van der Waals surface area contributed by atoms with E-state index >= 15 is 0 Å². The van der Waals surface area contributed by atoms with Crippen molar-refractivity contribution in [3.63, 3.8) is 0 Å². The first-order chi connectivity index (χ1) is 8.58. The first kappa shape index (κ1) is 13.0. The van der Waals surface area contributed by atoms with E-state index < -0.39 is 0 Å². The smallest absolute Gasteiger partial charge is 0.138 e. The van der Waals surface area contributed by atoms with Crippen LogP contribution in [0.25, 0.3) is 0 Å². The second-order valence-electron chi connectivity index (χ2n) is 4.77. The maximum absolute atomic E-state index is 14.1. The molecule has 0 aliphatic carbocycles. The topological polar surface area (TPSA) is 56.4 Å². The molecule has 0 spiro atoms. The number of hydrogen-bond donors (Lipinski definition) is 2. The zero-order chi connectivity index (χ0) is 13.1. The van der Waals surface area contributed by atoms with Gasteiger partial charge in [-0.3, -0.25) is 10.3 Å². The molecule has 0 amide bonds. The predicted molar refractivity (Wildman–Crippen MR) is 70.2 cm³/mol. The SMILES string of the molecule is CN1CCN(Cc2cccc(C(=N)N)c2F)CC1. The summed E-state index contributed by atoms with van der Waals surface area (Å²) in [6.07, 6.45) is 0. The molecule has 1 aromatic rings. The van der Waals surface area contributed by atoms with Gasteiger partial charge in [0.2, 0.25) is 0 Å². The number of rotatable bonds is 3. The number of likely N-dealkylation sites (N-methyl/N-ethyl adjacent to an activating group) is 1. The molecule has 0 aromatic heterocycles. The monoisotopic (exact) mass is 250 g/mol. The molecule has 1 aliphatic heterocycles. The highest BCUT2D eigenvalue weighted by atomic mass is 19.1. The highest BCUT2D eigenvalue weighted by Gasteiger charge is 2.17. The van der Waals surface area contributed by atoms with Gasteiger partial charge in [0.1, 0.15) is 11.7 Å². The van der Waals surface area contributed by atoms with Gasteiger partial charge < -0.3 is 10.6 Å². The maximum atomic E-state index is 14.1. The molecule has 1 heterocycles. The van der Waals surface area contributed by atoms with Crippen molar-refractivity contribution in [2.45, 2.75) is 6.54 Å². The standard InChI is InChI=1S/C13H19FN4/c1-17-5-7-18(8-6-17)9-10-3-2-4-11(12(10)14)13(15)16/h2-4H,5-9H2,1H3,(H3,15,16). The van der Waals surface area contributed by atoms with Crippen molar-refractivity contribution in [2.24, 2.45) is 5.73 Å². The lowest BCUT2D eigenvalue weighted by molar-refractivity contribution is 0.147. The first-order valence-electron chi connectivity index (χ1n) is 6.10. The Balaban J connectivity index is 2.10. The Morgan fingerprint density at radius 2 is 2.00 bits per heavy atom. The summed E-state index contributed by atoms with van der Waals surface area (Å²) in [5.74, 6) is -0.573. The molecule has 1 saturated heterocycles. The summed E-state index contributed by atoms with van der Waals surface area (Å²) in [6, 6.07) is 5.07. The van der Waals surface area contributed by atoms with Crippen molar-refractivity contribution in [1.29, 1.82) is 5.41 Å². The highest BCUT2D eigenvalue weighted by Crippen LogP contribution is 2.15. The van der Waals surface area contributed by atoms with Crippen LogP contribution in [0.3, 0.4) is 0 Å². The fraction of sp³-hybridized carbons (Fsp3) is 0.462. The molecule has 3 N–H and O–H groups in total. The van der Waals surface area contributed by atoms with E-state index in [-0.39, 0.29) is 17.2 Å². The molecule has 0 saturated carbocycles. The molecule has 0 unspecified atom stereocenters. The predicted octanol–water partition coefficient (Wildman–Crippen LogP) is 0.857. The zero-order valence-corrected chi connectivity index (χ0v) is 10.6. The summed E-state index contributed by atoms with van der Waals surface area (Å²) in [5.41, 5.74) is 6.17. The van der Waals surface area contributed by atoms with E-state index in [1.54, 1.807) is 18.2 Å². The fourth-order valence-electron chi connectivity index (χ4n) is 2.16. The average Bonchev–Trinajstić information content (AvgIpc) is 2.34. The number of hydrogen-bond acceptors (Lipinski definition) is 3. The molecular formula is C13H19FN4. The number of nitrogen functional groups attached to an aromatic ring is 1. The Labute approximate surface area is 107 Å². The van der Waals surface area contributed by atoms with Crippen molar-refractivity contribution >= 4 is 5.84 Å². The number of amidine groups is 1. The lowest BCUT2D eigenvalue weighted by Gasteiger charge is -2.32. The van der Waals surface area contributed by atoms with E-state index in [4.69, 9.17) is 11.1 Å². The van der Waals surface area contributed by atoms with Crippen LogP contribution in [0.5, 0.6) is 0 Å². The Bertz CT molecular complexity index is 439. The second-order valence-corrected chi connectivity index (χ2v) is 4.77. The minimum atomic E-state index is -0.357. The van der Waals surface area contributed by atoms with Crippen LogP contribution < -0.4 is 5.73 Å². The lowest BCUT2D eigenvalue weighted by Crippen LogP contribution is -2.44. The second kappa shape index (κ2) is 5.46. The van der Waals surface area contributed by atoms with Gasteiger partial charge in [-0.15, -0.1) is 0 Å². The summed E-state index contributed by atoms with van der Waals surface area (Å²) in [4.78, 5) is 4.49. The van der Waals surface area contributed by atoms with Crippen LogP contribution in [0.1, 0.15) is 11.1 Å². The summed E-state index contributed by atoms with van der Waals surface area (Å²) >= 11 is 0. The van der Waals surface area contributed by atoms with Gasteiger partial charge in [-0.05, 0) is 13.1 Å². The Kier molecular flexibility index (Phi) is 3.93. The number of benzene rings is 1. The van der Waals surface area contributed by atoms with Gasteiger partial charge in [0.25, 0.3) is 0 Å². The van der Waals surface area contributed by atoms with Gasteiger partial charge in [0.05, 0.1) is 5.56 Å². The number of halogens is 1. The molecule has 1 aliphatic rings. The van der Waals surface area contributed by atoms with E-state index in [9.17, 15) is 4.39 Å². The van der Waals surface area contributed by atoms with Gasteiger partial charge in [-0.25, -0.2) is 4.39 Å². The third kappa shape index (κ3) is 2.86. The quantitative estimate of drug-likeness (QED) is 0.618. The van der Waals surface area contributed by atoms with Gasteiger partial charge in [-0.1, -0.05) is 12.1 Å². The Morgan fingerprint density at radius 1 is 1.33 bits per heavy atom. The number of nitrogens with two attached hydrogens (primary N) is 1. The number of nitrogens with one attached hydrogen (secondary N) is 1. The third-order valence-electron chi connectivity index (χ3n) is 3.36. The molecule has 0 radical (unpaired) electrons.